The Balaban J connectivity index is 2.78. The highest BCUT2D eigenvalue weighted by Crippen LogP contribution is 2.10. The van der Waals surface area contributed by atoms with Gasteiger partial charge in [-0.1, -0.05) is 17.3 Å². The fourth-order valence-corrected chi connectivity index (χ4v) is 1.04. The molecule has 4 nitrogen and oxygen atoms in total. The number of carbonyl (C=O) groups excluding carboxylic acids is 1. The largest absolute Gasteiger partial charge is 0.508 e. The lowest BCUT2D eigenvalue weighted by atomic mass is 10.1. The van der Waals surface area contributed by atoms with Gasteiger partial charge >= 0.3 is 0 Å². The van der Waals surface area contributed by atoms with E-state index in [-0.39, 0.29) is 23.7 Å². The number of hydrogen-bond acceptors (Lipinski definition) is 4. The highest BCUT2D eigenvalue weighted by molar-refractivity contribution is 6.39. The van der Waals surface area contributed by atoms with Gasteiger partial charge in [-0.2, -0.15) is 0 Å². The van der Waals surface area contributed by atoms with Gasteiger partial charge < -0.3 is 10.3 Å². The van der Waals surface area contributed by atoms with Crippen molar-refractivity contribution in [3.8, 4) is 5.75 Å². The standard InChI is InChI=1S/C10H11NO3/c1-7(12)10(11-14)6-8-2-4-9(13)5-3-8/h2-5,13-14H,6H2,1H3. The molecule has 0 aliphatic carbocycles. The highest BCUT2D eigenvalue weighted by Gasteiger charge is 2.07. The van der Waals surface area contributed by atoms with Crippen molar-refractivity contribution in [2.75, 3.05) is 0 Å². The second-order valence-corrected chi connectivity index (χ2v) is 2.95. The SMILES string of the molecule is CC(=O)C(Cc1ccc(O)cc1)=NO. The minimum absolute atomic E-state index is 0.107. The Morgan fingerprint density at radius 3 is 2.36 bits per heavy atom. The maximum absolute atomic E-state index is 10.9. The number of benzene rings is 1. The molecule has 0 amide bonds. The van der Waals surface area contributed by atoms with E-state index >= 15 is 0 Å². The van der Waals surface area contributed by atoms with E-state index < -0.39 is 0 Å². The van der Waals surface area contributed by atoms with Crippen molar-refractivity contribution in [2.45, 2.75) is 13.3 Å². The van der Waals surface area contributed by atoms with Crippen LogP contribution in [-0.2, 0) is 11.2 Å². The predicted octanol–water partition coefficient (Wildman–Crippen LogP) is 1.35. The fraction of sp³-hybridized carbons (Fsp3) is 0.200. The number of Topliss-reactive ketones (excluding diaryl/α,β-unsaturated/α-hetero) is 1. The second-order valence-electron chi connectivity index (χ2n) is 2.95. The van der Waals surface area contributed by atoms with Crippen molar-refractivity contribution >= 4 is 11.5 Å². The summed E-state index contributed by atoms with van der Waals surface area (Å²) in [7, 11) is 0. The van der Waals surface area contributed by atoms with Crippen LogP contribution in [0.5, 0.6) is 5.75 Å². The molecule has 74 valence electrons. The van der Waals surface area contributed by atoms with Gasteiger partial charge in [-0.05, 0) is 17.7 Å². The van der Waals surface area contributed by atoms with Gasteiger partial charge in [0.1, 0.15) is 11.5 Å². The van der Waals surface area contributed by atoms with Gasteiger partial charge in [-0.15, -0.1) is 0 Å². The van der Waals surface area contributed by atoms with Crippen molar-refractivity contribution in [2.24, 2.45) is 5.16 Å². The monoisotopic (exact) mass is 193 g/mol. The highest BCUT2D eigenvalue weighted by atomic mass is 16.4. The fourth-order valence-electron chi connectivity index (χ4n) is 1.04. The van der Waals surface area contributed by atoms with Crippen LogP contribution in [0.4, 0.5) is 0 Å². The molecule has 0 saturated heterocycles. The third-order valence-corrected chi connectivity index (χ3v) is 1.84. The van der Waals surface area contributed by atoms with E-state index in [2.05, 4.69) is 5.16 Å². The third kappa shape index (κ3) is 2.58. The van der Waals surface area contributed by atoms with Gasteiger partial charge in [0, 0.05) is 13.3 Å². The van der Waals surface area contributed by atoms with Crippen LogP contribution >= 0.6 is 0 Å². The summed E-state index contributed by atoms with van der Waals surface area (Å²) in [6, 6.07) is 6.38. The number of oxime groups is 1. The average Bonchev–Trinajstić information content (AvgIpc) is 2.16. The van der Waals surface area contributed by atoms with Crippen LogP contribution in [0.2, 0.25) is 0 Å². The molecule has 0 saturated carbocycles. The van der Waals surface area contributed by atoms with Gasteiger partial charge in [0.15, 0.2) is 5.78 Å². The van der Waals surface area contributed by atoms with Crippen molar-refractivity contribution in [1.29, 1.82) is 0 Å². The number of aromatic hydroxyl groups is 1. The number of hydrogen-bond donors (Lipinski definition) is 2. The molecule has 0 radical (unpaired) electrons. The topological polar surface area (TPSA) is 69.9 Å². The van der Waals surface area contributed by atoms with Gasteiger partial charge in [-0.25, -0.2) is 0 Å². The Labute approximate surface area is 81.5 Å². The molecule has 0 unspecified atom stereocenters. The first kappa shape index (κ1) is 10.2. The number of nitrogens with zero attached hydrogens (tertiary/aromatic N) is 1. The van der Waals surface area contributed by atoms with Crippen LogP contribution in [0.1, 0.15) is 12.5 Å². The van der Waals surface area contributed by atoms with Crippen LogP contribution in [0.15, 0.2) is 29.4 Å². The Bertz CT molecular complexity index is 354. The van der Waals surface area contributed by atoms with Crippen molar-refractivity contribution in [3.05, 3.63) is 29.8 Å². The Kier molecular flexibility index (Phi) is 3.23. The molecule has 0 atom stereocenters. The van der Waals surface area contributed by atoms with E-state index in [1.165, 1.54) is 19.1 Å². The quantitative estimate of drug-likeness (QED) is 0.432. The van der Waals surface area contributed by atoms with Crippen molar-refractivity contribution in [3.63, 3.8) is 0 Å². The van der Waals surface area contributed by atoms with Crippen LogP contribution < -0.4 is 0 Å². The lowest BCUT2D eigenvalue weighted by Crippen LogP contribution is -2.13. The third-order valence-electron chi connectivity index (χ3n) is 1.84. The molecule has 1 aromatic carbocycles. The van der Waals surface area contributed by atoms with E-state index in [0.717, 1.165) is 5.56 Å². The first-order chi connectivity index (χ1) is 6.63. The predicted molar refractivity (Wildman–Crippen MR) is 51.7 cm³/mol. The van der Waals surface area contributed by atoms with Gasteiger partial charge in [0.25, 0.3) is 0 Å². The van der Waals surface area contributed by atoms with Crippen LogP contribution in [0, 0.1) is 0 Å². The molecule has 0 aromatic heterocycles. The van der Waals surface area contributed by atoms with Crippen LogP contribution in [0.25, 0.3) is 0 Å². The smallest absolute Gasteiger partial charge is 0.177 e. The molecule has 0 bridgehead atoms. The van der Waals surface area contributed by atoms with Crippen molar-refractivity contribution < 1.29 is 15.1 Å². The molecule has 2 N–H and O–H groups in total. The first-order valence-corrected chi connectivity index (χ1v) is 4.13. The minimum atomic E-state index is -0.263. The summed E-state index contributed by atoms with van der Waals surface area (Å²) in [5.41, 5.74) is 0.918. The maximum atomic E-state index is 10.9. The van der Waals surface area contributed by atoms with Gasteiger partial charge in [-0.3, -0.25) is 4.79 Å². The molecule has 1 aromatic rings. The summed E-state index contributed by atoms with van der Waals surface area (Å²) in [4.78, 5) is 10.9. The number of phenols is 1. The number of ketones is 1. The van der Waals surface area contributed by atoms with Gasteiger partial charge in [0.2, 0.25) is 0 Å². The summed E-state index contributed by atoms with van der Waals surface area (Å²) < 4.78 is 0. The first-order valence-electron chi connectivity index (χ1n) is 4.13. The van der Waals surface area contributed by atoms with Crippen LogP contribution in [0.3, 0.4) is 0 Å². The molecule has 0 heterocycles. The Morgan fingerprint density at radius 1 is 1.36 bits per heavy atom. The van der Waals surface area contributed by atoms with Crippen LogP contribution in [-0.4, -0.2) is 21.8 Å². The van der Waals surface area contributed by atoms with E-state index in [4.69, 9.17) is 10.3 Å². The molecular weight excluding hydrogens is 182 g/mol. The number of carbonyl (C=O) groups is 1. The Morgan fingerprint density at radius 2 is 1.93 bits per heavy atom. The molecule has 4 heteroatoms. The minimum Gasteiger partial charge on any atom is -0.508 e. The molecule has 0 fully saturated rings. The summed E-state index contributed by atoms with van der Waals surface area (Å²) in [5, 5.41) is 20.5. The summed E-state index contributed by atoms with van der Waals surface area (Å²) in [6.45, 7) is 1.34. The molecule has 0 aliphatic rings. The van der Waals surface area contributed by atoms with Gasteiger partial charge in [0.05, 0.1) is 0 Å². The normalized spacial score (nSPS) is 11.4. The second kappa shape index (κ2) is 4.41. The zero-order valence-electron chi connectivity index (χ0n) is 7.77. The lowest BCUT2D eigenvalue weighted by Gasteiger charge is -2.00. The lowest BCUT2D eigenvalue weighted by molar-refractivity contribution is -0.111. The molecule has 14 heavy (non-hydrogen) atoms. The van der Waals surface area contributed by atoms with E-state index in [1.54, 1.807) is 12.1 Å². The molecular formula is C10H11NO3. The zero-order valence-corrected chi connectivity index (χ0v) is 7.77. The maximum Gasteiger partial charge on any atom is 0.177 e. The van der Waals surface area contributed by atoms with E-state index in [0.29, 0.717) is 0 Å². The number of rotatable bonds is 3. The average molecular weight is 193 g/mol. The Hall–Kier alpha value is -1.84. The van der Waals surface area contributed by atoms with Crippen molar-refractivity contribution in [1.82, 2.24) is 0 Å². The zero-order chi connectivity index (χ0) is 10.6. The van der Waals surface area contributed by atoms with E-state index in [9.17, 15) is 4.79 Å². The summed E-state index contributed by atoms with van der Waals surface area (Å²) in [5.74, 6) is -0.0976. The molecule has 0 spiro atoms. The summed E-state index contributed by atoms with van der Waals surface area (Å²) >= 11 is 0. The molecule has 0 aliphatic heterocycles. The number of phenolic OH excluding ortho intramolecular Hbond substituents is 1. The molecule has 1 rings (SSSR count). The summed E-state index contributed by atoms with van der Waals surface area (Å²) in [6.07, 6.45) is 0.270. The van der Waals surface area contributed by atoms with E-state index in [1.807, 2.05) is 0 Å².